The van der Waals surface area contributed by atoms with Gasteiger partial charge in [-0.1, -0.05) is 48.9 Å². The van der Waals surface area contributed by atoms with Crippen molar-refractivity contribution in [2.24, 2.45) is 0 Å². The summed E-state index contributed by atoms with van der Waals surface area (Å²) in [4.78, 5) is 13.5. The van der Waals surface area contributed by atoms with Gasteiger partial charge in [0.2, 0.25) is 0 Å². The number of methoxy groups -OCH3 is 1. The average Bonchev–Trinajstić information content (AvgIpc) is 2.86. The monoisotopic (exact) mass is 494 g/mol. The SMILES string of the molecule is CC[C@@H](NC(=O)[C@@H]1CN(S(=O)(=O)c2ccc(C)cc2)c2ccccc2O1)c1ccc(OC)c(C)c1. The van der Waals surface area contributed by atoms with Crippen molar-refractivity contribution >= 4 is 21.6 Å². The molecule has 0 saturated heterocycles. The van der Waals surface area contributed by atoms with Crippen molar-refractivity contribution in [1.29, 1.82) is 0 Å². The highest BCUT2D eigenvalue weighted by Crippen LogP contribution is 2.37. The second kappa shape index (κ2) is 10.00. The molecular formula is C27H30N2O5S. The lowest BCUT2D eigenvalue weighted by atomic mass is 10.0. The van der Waals surface area contributed by atoms with E-state index >= 15 is 0 Å². The van der Waals surface area contributed by atoms with Crippen molar-refractivity contribution < 1.29 is 22.7 Å². The number of rotatable bonds is 7. The Balaban J connectivity index is 1.61. The molecule has 0 bridgehead atoms. The molecular weight excluding hydrogens is 464 g/mol. The molecule has 2 atom stereocenters. The van der Waals surface area contributed by atoms with Crippen molar-refractivity contribution in [1.82, 2.24) is 5.32 Å². The van der Waals surface area contributed by atoms with Crippen molar-refractivity contribution in [3.8, 4) is 11.5 Å². The van der Waals surface area contributed by atoms with Gasteiger partial charge in [0.15, 0.2) is 6.10 Å². The molecule has 0 aliphatic carbocycles. The molecule has 0 spiro atoms. The lowest BCUT2D eigenvalue weighted by molar-refractivity contribution is -0.128. The number of benzene rings is 3. The number of ether oxygens (including phenoxy) is 2. The maximum Gasteiger partial charge on any atom is 0.264 e. The third-order valence-electron chi connectivity index (χ3n) is 6.18. The minimum atomic E-state index is -3.90. The molecule has 3 aromatic carbocycles. The Labute approximate surface area is 206 Å². The minimum Gasteiger partial charge on any atom is -0.496 e. The lowest BCUT2D eigenvalue weighted by Gasteiger charge is -2.35. The average molecular weight is 495 g/mol. The zero-order valence-electron chi connectivity index (χ0n) is 20.3. The van der Waals surface area contributed by atoms with Crippen molar-refractivity contribution in [3.63, 3.8) is 0 Å². The van der Waals surface area contributed by atoms with Crippen LogP contribution in [0.5, 0.6) is 11.5 Å². The fraction of sp³-hybridized carbons (Fsp3) is 0.296. The summed E-state index contributed by atoms with van der Waals surface area (Å²) in [7, 11) is -2.28. The maximum absolute atomic E-state index is 13.6. The summed E-state index contributed by atoms with van der Waals surface area (Å²) in [5, 5.41) is 3.04. The topological polar surface area (TPSA) is 84.9 Å². The number of anilines is 1. The van der Waals surface area contributed by atoms with Crippen LogP contribution in [0.4, 0.5) is 5.69 Å². The summed E-state index contributed by atoms with van der Waals surface area (Å²) >= 11 is 0. The molecule has 0 saturated carbocycles. The van der Waals surface area contributed by atoms with Crippen LogP contribution in [0, 0.1) is 13.8 Å². The minimum absolute atomic E-state index is 0.128. The van der Waals surface area contributed by atoms with E-state index in [1.165, 1.54) is 4.31 Å². The third-order valence-corrected chi connectivity index (χ3v) is 7.98. The van der Waals surface area contributed by atoms with Crippen molar-refractivity contribution in [2.75, 3.05) is 18.0 Å². The van der Waals surface area contributed by atoms with Crippen molar-refractivity contribution in [2.45, 2.75) is 44.2 Å². The number of nitrogens with one attached hydrogen (secondary N) is 1. The summed E-state index contributed by atoms with van der Waals surface area (Å²) in [6, 6.07) is 19.1. The molecule has 3 aromatic rings. The molecule has 1 aliphatic rings. The van der Waals surface area contributed by atoms with Gasteiger partial charge >= 0.3 is 0 Å². The number of fused-ring (bicyclic) bond motifs is 1. The van der Waals surface area contributed by atoms with Crippen LogP contribution in [0.25, 0.3) is 0 Å². The van der Waals surface area contributed by atoms with Crippen LogP contribution in [0.15, 0.2) is 71.6 Å². The molecule has 0 fully saturated rings. The molecule has 7 nitrogen and oxygen atoms in total. The number of para-hydroxylation sites is 2. The predicted octanol–water partition coefficient (Wildman–Crippen LogP) is 4.54. The van der Waals surface area contributed by atoms with Gasteiger partial charge in [-0.3, -0.25) is 9.10 Å². The number of nitrogens with zero attached hydrogens (tertiary/aromatic N) is 1. The first-order valence-corrected chi connectivity index (χ1v) is 13.0. The van der Waals surface area contributed by atoms with E-state index in [2.05, 4.69) is 5.32 Å². The largest absolute Gasteiger partial charge is 0.496 e. The fourth-order valence-electron chi connectivity index (χ4n) is 4.21. The Hall–Kier alpha value is -3.52. The van der Waals surface area contributed by atoms with E-state index in [0.29, 0.717) is 17.9 Å². The number of amides is 1. The molecule has 1 aliphatic heterocycles. The molecule has 0 unspecified atom stereocenters. The molecule has 0 radical (unpaired) electrons. The van der Waals surface area contributed by atoms with Crippen LogP contribution in [-0.2, 0) is 14.8 Å². The molecule has 4 rings (SSSR count). The van der Waals surface area contributed by atoms with Gasteiger partial charge < -0.3 is 14.8 Å². The van der Waals surface area contributed by atoms with E-state index in [-0.39, 0.29) is 23.4 Å². The summed E-state index contributed by atoms with van der Waals surface area (Å²) in [5.74, 6) is 0.756. The lowest BCUT2D eigenvalue weighted by Crippen LogP contribution is -2.51. The number of hydrogen-bond donors (Lipinski definition) is 1. The highest BCUT2D eigenvalue weighted by Gasteiger charge is 2.38. The van der Waals surface area contributed by atoms with Gasteiger partial charge in [-0.05, 0) is 61.7 Å². The van der Waals surface area contributed by atoms with Gasteiger partial charge in [-0.2, -0.15) is 0 Å². The standard InChI is InChI=1S/C27H30N2O5S/c1-5-22(20-12-15-24(33-4)19(3)16-20)28-27(30)26-17-29(23-8-6-7-9-25(23)34-26)35(31,32)21-13-10-18(2)11-14-21/h6-16,22,26H,5,17H2,1-4H3,(H,28,30)/t22-,26+/m1/s1. The zero-order chi connectivity index (χ0) is 25.2. The molecule has 1 N–H and O–H groups in total. The van der Waals surface area contributed by atoms with Gasteiger partial charge in [0.25, 0.3) is 15.9 Å². The number of carbonyl (C=O) groups is 1. The molecule has 1 heterocycles. The van der Waals surface area contributed by atoms with E-state index in [1.807, 2.05) is 39.0 Å². The zero-order valence-corrected chi connectivity index (χ0v) is 21.1. The maximum atomic E-state index is 13.6. The van der Waals surface area contributed by atoms with Crippen molar-refractivity contribution in [3.05, 3.63) is 83.4 Å². The van der Waals surface area contributed by atoms with E-state index in [1.54, 1.807) is 55.6 Å². The summed E-state index contributed by atoms with van der Waals surface area (Å²) in [6.07, 6.45) is -0.342. The van der Waals surface area contributed by atoms with Gasteiger partial charge in [0.05, 0.1) is 30.3 Å². The van der Waals surface area contributed by atoms with Crippen LogP contribution >= 0.6 is 0 Å². The summed E-state index contributed by atoms with van der Waals surface area (Å²) < 4.78 is 39.7. The van der Waals surface area contributed by atoms with Crippen LogP contribution < -0.4 is 19.1 Å². The van der Waals surface area contributed by atoms with E-state index in [4.69, 9.17) is 9.47 Å². The van der Waals surface area contributed by atoms with Gasteiger partial charge in [0.1, 0.15) is 11.5 Å². The first-order valence-electron chi connectivity index (χ1n) is 11.5. The predicted molar refractivity (Wildman–Crippen MR) is 135 cm³/mol. The highest BCUT2D eigenvalue weighted by molar-refractivity contribution is 7.92. The van der Waals surface area contributed by atoms with Gasteiger partial charge in [0, 0.05) is 0 Å². The number of carbonyl (C=O) groups excluding carboxylic acids is 1. The first kappa shape index (κ1) is 24.6. The van der Waals surface area contributed by atoms with Crippen LogP contribution in [0.1, 0.15) is 36.1 Å². The Morgan fingerprint density at radius 2 is 1.83 bits per heavy atom. The van der Waals surface area contributed by atoms with E-state index in [9.17, 15) is 13.2 Å². The summed E-state index contributed by atoms with van der Waals surface area (Å²) in [6.45, 7) is 5.70. The third kappa shape index (κ3) is 4.98. The Kier molecular flexibility index (Phi) is 7.03. The van der Waals surface area contributed by atoms with E-state index < -0.39 is 16.1 Å². The summed E-state index contributed by atoms with van der Waals surface area (Å²) in [5.41, 5.74) is 3.29. The van der Waals surface area contributed by atoms with Crippen LogP contribution in [0.3, 0.4) is 0 Å². The normalized spacial score (nSPS) is 16.1. The number of hydrogen-bond acceptors (Lipinski definition) is 5. The molecule has 8 heteroatoms. The molecule has 1 amide bonds. The Morgan fingerprint density at radius 3 is 2.49 bits per heavy atom. The second-order valence-electron chi connectivity index (χ2n) is 8.62. The smallest absolute Gasteiger partial charge is 0.264 e. The van der Waals surface area contributed by atoms with Crippen LogP contribution in [-0.4, -0.2) is 34.1 Å². The second-order valence-corrected chi connectivity index (χ2v) is 10.5. The Bertz CT molecular complexity index is 1320. The van der Waals surface area contributed by atoms with E-state index in [0.717, 1.165) is 22.4 Å². The Morgan fingerprint density at radius 1 is 1.11 bits per heavy atom. The number of sulfonamides is 1. The van der Waals surface area contributed by atoms with Crippen LogP contribution in [0.2, 0.25) is 0 Å². The quantitative estimate of drug-likeness (QED) is 0.521. The fourth-order valence-corrected chi connectivity index (χ4v) is 5.68. The highest BCUT2D eigenvalue weighted by atomic mass is 32.2. The molecule has 184 valence electrons. The first-order chi connectivity index (χ1) is 16.7. The van der Waals surface area contributed by atoms with Gasteiger partial charge in [-0.15, -0.1) is 0 Å². The van der Waals surface area contributed by atoms with Gasteiger partial charge in [-0.25, -0.2) is 8.42 Å². The number of aryl methyl sites for hydroxylation is 2. The molecule has 35 heavy (non-hydrogen) atoms. The molecule has 0 aromatic heterocycles.